The molecule has 4 aromatic rings. The molecule has 0 heterocycles. The number of rotatable bonds is 20. The number of unbranched alkanes of at least 4 members (excludes halogenated alkanes) is 5. The highest BCUT2D eigenvalue weighted by Gasteiger charge is 2.47. The summed E-state index contributed by atoms with van der Waals surface area (Å²) in [5.74, 6) is 1.75. The maximum Gasteiger partial charge on any atom is 0.119 e. The minimum Gasteiger partial charge on any atom is -0.491 e. The van der Waals surface area contributed by atoms with Crippen molar-refractivity contribution in [2.24, 2.45) is 0 Å². The Morgan fingerprint density at radius 2 is 1.02 bits per heavy atom. The van der Waals surface area contributed by atoms with E-state index >= 15 is 0 Å². The molecule has 0 bridgehead atoms. The topological polar surface area (TPSA) is 99.4 Å². The number of aliphatic hydroxyl groups excluding tert-OH is 4. The molecule has 0 radical (unpaired) electrons. The molecule has 0 aromatic heterocycles. The highest BCUT2D eigenvalue weighted by atomic mass is 16.5. The number of ether oxygens (including phenoxy) is 2. The largest absolute Gasteiger partial charge is 0.491 e. The fraction of sp³-hybridized carbons (Fsp3) is 0.415. The fourth-order valence-corrected chi connectivity index (χ4v) is 7.42. The van der Waals surface area contributed by atoms with Crippen LogP contribution in [0.4, 0.5) is 0 Å². The van der Waals surface area contributed by atoms with Crippen LogP contribution in [0.15, 0.2) is 91.0 Å². The van der Waals surface area contributed by atoms with Crippen LogP contribution in [-0.2, 0) is 5.41 Å². The molecule has 0 spiro atoms. The molecule has 0 saturated heterocycles. The molecular formula is C41H50O6. The first-order valence-electron chi connectivity index (χ1n) is 17.3. The molecule has 250 valence electrons. The average Bonchev–Trinajstić information content (AvgIpc) is 3.42. The van der Waals surface area contributed by atoms with Crippen LogP contribution >= 0.6 is 0 Å². The van der Waals surface area contributed by atoms with Crippen molar-refractivity contribution in [3.05, 3.63) is 119 Å². The summed E-state index contributed by atoms with van der Waals surface area (Å²) in [6, 6.07) is 32.0. The summed E-state index contributed by atoms with van der Waals surface area (Å²) < 4.78 is 11.5. The summed E-state index contributed by atoms with van der Waals surface area (Å²) in [6.45, 7) is 0.860. The Morgan fingerprint density at radius 3 is 1.62 bits per heavy atom. The highest BCUT2D eigenvalue weighted by Crippen LogP contribution is 2.58. The van der Waals surface area contributed by atoms with Gasteiger partial charge in [0.1, 0.15) is 24.7 Å². The molecule has 5 rings (SSSR count). The Hall–Kier alpha value is -3.68. The quantitative estimate of drug-likeness (QED) is 0.0665. The number of hydrogen-bond donors (Lipinski definition) is 4. The lowest BCUT2D eigenvalue weighted by Gasteiger charge is -2.34. The van der Waals surface area contributed by atoms with Crippen molar-refractivity contribution in [1.82, 2.24) is 0 Å². The minimum atomic E-state index is -0.596. The molecule has 1 aliphatic carbocycles. The minimum absolute atomic E-state index is 0.0406. The maximum atomic E-state index is 9.87. The van der Waals surface area contributed by atoms with E-state index in [1.54, 1.807) is 0 Å². The van der Waals surface area contributed by atoms with Crippen LogP contribution < -0.4 is 9.47 Å². The molecule has 0 amide bonds. The molecule has 0 aliphatic heterocycles. The summed E-state index contributed by atoms with van der Waals surface area (Å²) in [5, 5.41) is 37.6. The third kappa shape index (κ3) is 7.73. The first kappa shape index (κ1) is 34.6. The number of fused-ring (bicyclic) bond motifs is 3. The normalized spacial score (nSPS) is 13.6. The van der Waals surface area contributed by atoms with Gasteiger partial charge >= 0.3 is 0 Å². The van der Waals surface area contributed by atoms with Crippen molar-refractivity contribution in [2.45, 2.75) is 69.1 Å². The molecule has 47 heavy (non-hydrogen) atoms. The maximum absolute atomic E-state index is 9.87. The third-order valence-corrected chi connectivity index (χ3v) is 9.51. The average molecular weight is 639 g/mol. The summed E-state index contributed by atoms with van der Waals surface area (Å²) >= 11 is 0. The van der Waals surface area contributed by atoms with Crippen LogP contribution in [0.25, 0.3) is 11.1 Å². The van der Waals surface area contributed by atoms with Gasteiger partial charge in [-0.2, -0.15) is 0 Å². The van der Waals surface area contributed by atoms with Gasteiger partial charge in [-0.3, -0.25) is 0 Å². The molecule has 4 N–H and O–H groups in total. The zero-order chi connectivity index (χ0) is 32.9. The van der Waals surface area contributed by atoms with Gasteiger partial charge < -0.3 is 29.9 Å². The van der Waals surface area contributed by atoms with Crippen molar-refractivity contribution in [2.75, 3.05) is 39.6 Å². The highest BCUT2D eigenvalue weighted by molar-refractivity contribution is 5.88. The van der Waals surface area contributed by atoms with E-state index in [1.807, 2.05) is 24.3 Å². The van der Waals surface area contributed by atoms with Crippen LogP contribution in [-0.4, -0.2) is 60.1 Å². The van der Waals surface area contributed by atoms with E-state index in [1.165, 1.54) is 40.7 Å². The molecule has 0 fully saturated rings. The van der Waals surface area contributed by atoms with Crippen molar-refractivity contribution in [3.8, 4) is 22.6 Å². The van der Waals surface area contributed by atoms with Gasteiger partial charge in [0.2, 0.25) is 0 Å². The Labute approximate surface area is 279 Å². The molecule has 1 unspecified atom stereocenters. The predicted molar refractivity (Wildman–Crippen MR) is 187 cm³/mol. The smallest absolute Gasteiger partial charge is 0.119 e. The van der Waals surface area contributed by atoms with Gasteiger partial charge in [0.25, 0.3) is 0 Å². The zero-order valence-electron chi connectivity index (χ0n) is 27.4. The number of aliphatic hydroxyl groups is 4. The van der Waals surface area contributed by atoms with Gasteiger partial charge in [-0.05, 0) is 94.8 Å². The van der Waals surface area contributed by atoms with Gasteiger partial charge in [0.15, 0.2) is 0 Å². The van der Waals surface area contributed by atoms with Crippen molar-refractivity contribution < 1.29 is 29.9 Å². The Bertz CT molecular complexity index is 1460. The van der Waals surface area contributed by atoms with E-state index in [4.69, 9.17) is 14.6 Å². The lowest BCUT2D eigenvalue weighted by atomic mass is 9.67. The Morgan fingerprint density at radius 1 is 0.489 bits per heavy atom. The van der Waals surface area contributed by atoms with E-state index in [0.717, 1.165) is 56.1 Å². The SMILES string of the molecule is OCCCCCCCCC(CCCO)c1cccc2c1-c1ccccc1C2(c1ccc(OCCO)cc1)c1ccc(OCCO)cc1. The molecular weight excluding hydrogens is 588 g/mol. The van der Waals surface area contributed by atoms with Gasteiger partial charge in [-0.15, -0.1) is 0 Å². The zero-order valence-corrected chi connectivity index (χ0v) is 27.4. The molecule has 1 atom stereocenters. The van der Waals surface area contributed by atoms with E-state index in [-0.39, 0.29) is 39.6 Å². The second kappa shape index (κ2) is 17.5. The standard InChI is InChI=1S/C41H50O6/c42-25-8-4-2-1-3-5-11-31(12-10-26-43)36-14-9-16-39-40(36)37-13-6-7-15-38(37)41(39,32-17-21-34(22-18-32)46-29-27-44)33-19-23-35(24-20-33)47-30-28-45/h6-7,9,13-24,31,42-45H,1-5,8,10-12,25-30H2. The second-order valence-electron chi connectivity index (χ2n) is 12.5. The van der Waals surface area contributed by atoms with Crippen LogP contribution in [0.3, 0.4) is 0 Å². The van der Waals surface area contributed by atoms with Crippen LogP contribution in [0.2, 0.25) is 0 Å². The van der Waals surface area contributed by atoms with Crippen LogP contribution in [0, 0.1) is 0 Å². The summed E-state index contributed by atoms with van der Waals surface area (Å²) in [6.07, 6.45) is 9.38. The predicted octanol–water partition coefficient (Wildman–Crippen LogP) is 7.37. The third-order valence-electron chi connectivity index (χ3n) is 9.51. The van der Waals surface area contributed by atoms with Crippen molar-refractivity contribution in [1.29, 1.82) is 0 Å². The van der Waals surface area contributed by atoms with E-state index in [0.29, 0.717) is 17.4 Å². The van der Waals surface area contributed by atoms with Gasteiger partial charge in [-0.25, -0.2) is 0 Å². The van der Waals surface area contributed by atoms with E-state index in [2.05, 4.69) is 66.7 Å². The summed E-state index contributed by atoms with van der Waals surface area (Å²) in [4.78, 5) is 0. The molecule has 6 heteroatoms. The lowest BCUT2D eigenvalue weighted by molar-refractivity contribution is 0.201. The van der Waals surface area contributed by atoms with Gasteiger partial charge in [0, 0.05) is 13.2 Å². The van der Waals surface area contributed by atoms with E-state index < -0.39 is 5.41 Å². The Kier molecular flexibility index (Phi) is 12.9. The van der Waals surface area contributed by atoms with Crippen LogP contribution in [0.5, 0.6) is 11.5 Å². The van der Waals surface area contributed by atoms with Crippen molar-refractivity contribution in [3.63, 3.8) is 0 Å². The Balaban J connectivity index is 1.62. The number of benzene rings is 4. The molecule has 1 aliphatic rings. The number of hydrogen-bond acceptors (Lipinski definition) is 6. The monoisotopic (exact) mass is 638 g/mol. The second-order valence-corrected chi connectivity index (χ2v) is 12.5. The van der Waals surface area contributed by atoms with Crippen LogP contribution in [0.1, 0.15) is 91.5 Å². The summed E-state index contributed by atoms with van der Waals surface area (Å²) in [7, 11) is 0. The van der Waals surface area contributed by atoms with E-state index in [9.17, 15) is 15.3 Å². The van der Waals surface area contributed by atoms with Crippen molar-refractivity contribution >= 4 is 0 Å². The summed E-state index contributed by atoms with van der Waals surface area (Å²) in [5.41, 5.74) is 7.97. The molecule has 6 nitrogen and oxygen atoms in total. The molecule has 0 saturated carbocycles. The van der Waals surface area contributed by atoms with Gasteiger partial charge in [-0.1, -0.05) is 98.8 Å². The fourth-order valence-electron chi connectivity index (χ4n) is 7.42. The van der Waals surface area contributed by atoms with Gasteiger partial charge in [0.05, 0.1) is 18.6 Å². The first-order valence-corrected chi connectivity index (χ1v) is 17.3. The first-order chi connectivity index (χ1) is 23.2. The molecule has 4 aromatic carbocycles. The lowest BCUT2D eigenvalue weighted by Crippen LogP contribution is -2.28.